The molecule has 1 aliphatic rings. The van der Waals surface area contributed by atoms with Gasteiger partial charge in [0.15, 0.2) is 5.96 Å². The predicted octanol–water partition coefficient (Wildman–Crippen LogP) is 5.74. The Morgan fingerprint density at radius 2 is 1.62 bits per heavy atom. The molecule has 0 bridgehead atoms. The summed E-state index contributed by atoms with van der Waals surface area (Å²) in [5.41, 5.74) is 5.69. The second kappa shape index (κ2) is 15.5. The van der Waals surface area contributed by atoms with Crippen LogP contribution in [0.3, 0.4) is 0 Å². The molecule has 2 N–H and O–H groups in total. The summed E-state index contributed by atoms with van der Waals surface area (Å²) in [4.78, 5) is 5.90. The van der Waals surface area contributed by atoms with Crippen molar-refractivity contribution in [1.29, 1.82) is 0 Å². The van der Waals surface area contributed by atoms with Crippen molar-refractivity contribution in [3.8, 4) is 0 Å². The second-order valence-electron chi connectivity index (χ2n) is 5.59. The van der Waals surface area contributed by atoms with Crippen LogP contribution in [0.4, 0.5) is 13.2 Å². The number of alkyl halides is 3. The average molecular weight is 376 g/mol. The Morgan fingerprint density at radius 1 is 1.08 bits per heavy atom. The van der Waals surface area contributed by atoms with E-state index in [1.54, 1.807) is 6.07 Å². The maximum atomic E-state index is 12.5. The lowest BCUT2D eigenvalue weighted by Gasteiger charge is -2.17. The van der Waals surface area contributed by atoms with Crippen LogP contribution < -0.4 is 5.73 Å². The molecule has 1 aromatic carbocycles. The minimum absolute atomic E-state index is 0.474. The first kappa shape index (κ1) is 26.5. The molecule has 3 nitrogen and oxygen atoms in total. The highest BCUT2D eigenvalue weighted by atomic mass is 19.4. The normalized spacial score (nSPS) is 12.7. The van der Waals surface area contributed by atoms with Crippen LogP contribution >= 0.6 is 0 Å². The number of hydrogen-bond donors (Lipinski definition) is 1. The molecule has 0 saturated heterocycles. The number of rotatable bonds is 3. The minimum Gasteiger partial charge on any atom is -0.370 e. The summed E-state index contributed by atoms with van der Waals surface area (Å²) in [5.74, 6) is 0.474. The van der Waals surface area contributed by atoms with Gasteiger partial charge in [0.2, 0.25) is 0 Å². The Bertz CT molecular complexity index is 483. The molecule has 2 rings (SSSR count). The Kier molecular flexibility index (Phi) is 15.8. The van der Waals surface area contributed by atoms with Gasteiger partial charge < -0.3 is 10.6 Å². The maximum Gasteiger partial charge on any atom is 0.416 e. The Labute approximate surface area is 157 Å². The van der Waals surface area contributed by atoms with E-state index < -0.39 is 11.7 Å². The number of halogens is 3. The quantitative estimate of drug-likeness (QED) is 0.732. The monoisotopic (exact) mass is 375 g/mol. The molecule has 0 fully saturated rings. The van der Waals surface area contributed by atoms with E-state index in [4.69, 9.17) is 5.73 Å². The molecule has 0 radical (unpaired) electrons. The highest BCUT2D eigenvalue weighted by Gasteiger charge is 2.30. The van der Waals surface area contributed by atoms with Gasteiger partial charge in [-0.1, -0.05) is 72.6 Å². The fourth-order valence-electron chi connectivity index (χ4n) is 1.89. The lowest BCUT2D eigenvalue weighted by atomic mass is 10.1. The zero-order valence-corrected chi connectivity index (χ0v) is 17.2. The van der Waals surface area contributed by atoms with Crippen LogP contribution in [-0.4, -0.2) is 30.5 Å². The molecule has 0 atom stereocenters. The number of nitrogens with two attached hydrogens (primary N) is 1. The Hall–Kier alpha value is -1.72. The summed E-state index contributed by atoms with van der Waals surface area (Å²) in [6.45, 7) is 14.5. The van der Waals surface area contributed by atoms with Gasteiger partial charge >= 0.3 is 6.18 Å². The van der Waals surface area contributed by atoms with E-state index in [1.165, 1.54) is 25.0 Å². The van der Waals surface area contributed by atoms with E-state index in [0.717, 1.165) is 12.6 Å². The molecule has 0 amide bonds. The third-order valence-electron chi connectivity index (χ3n) is 2.89. The van der Waals surface area contributed by atoms with Crippen LogP contribution in [-0.2, 0) is 12.6 Å². The zero-order chi connectivity index (χ0) is 20.6. The van der Waals surface area contributed by atoms with E-state index in [0.29, 0.717) is 31.0 Å². The smallest absolute Gasteiger partial charge is 0.370 e. The molecule has 0 spiro atoms. The van der Waals surface area contributed by atoms with Crippen molar-refractivity contribution in [2.45, 2.75) is 67.0 Å². The highest BCUT2D eigenvalue weighted by Crippen LogP contribution is 2.29. The van der Waals surface area contributed by atoms with Gasteiger partial charge in [-0.15, -0.1) is 0 Å². The Balaban J connectivity index is 0. The fourth-order valence-corrected chi connectivity index (χ4v) is 1.89. The maximum absolute atomic E-state index is 12.5. The van der Waals surface area contributed by atoms with Gasteiger partial charge in [-0.25, -0.2) is 0 Å². The molecular formula is C20H36F3N3. The number of guanidine groups is 1. The molecule has 1 aliphatic heterocycles. The second-order valence-corrected chi connectivity index (χ2v) is 5.59. The van der Waals surface area contributed by atoms with Gasteiger partial charge in [-0.05, 0) is 18.1 Å². The third kappa shape index (κ3) is 11.8. The summed E-state index contributed by atoms with van der Waals surface area (Å²) < 4.78 is 37.6. The van der Waals surface area contributed by atoms with Crippen molar-refractivity contribution in [2.24, 2.45) is 10.7 Å². The van der Waals surface area contributed by atoms with E-state index in [1.807, 2.05) is 18.7 Å². The van der Waals surface area contributed by atoms with Gasteiger partial charge in [-0.2, -0.15) is 13.2 Å². The van der Waals surface area contributed by atoms with Crippen molar-refractivity contribution >= 4 is 5.96 Å². The largest absolute Gasteiger partial charge is 0.416 e. The summed E-state index contributed by atoms with van der Waals surface area (Å²) in [5, 5.41) is 0. The van der Waals surface area contributed by atoms with Gasteiger partial charge in [-0.3, -0.25) is 4.99 Å². The summed E-state index contributed by atoms with van der Waals surface area (Å²) >= 11 is 0. The number of aliphatic imine (C=N–C) groups is 1. The van der Waals surface area contributed by atoms with Gasteiger partial charge in [0.25, 0.3) is 0 Å². The first-order chi connectivity index (χ1) is 12.3. The zero-order valence-electron chi connectivity index (χ0n) is 17.2. The van der Waals surface area contributed by atoms with Crippen molar-refractivity contribution in [2.75, 3.05) is 19.6 Å². The standard InChI is InChI=1S/C12H14F3N3.2C3H8.C2H6/c13-12(14,15)10-3-1-2-9(8-10)4-6-18-7-5-17-11(18)16;2*1-3-2;1-2/h1-3,8H,4-7H2,(H2,16,17);2*3H2,1-2H3;1-2H3. The molecule has 0 aliphatic carbocycles. The molecular weight excluding hydrogens is 339 g/mol. The van der Waals surface area contributed by atoms with Gasteiger partial charge in [0.05, 0.1) is 12.1 Å². The molecule has 26 heavy (non-hydrogen) atoms. The van der Waals surface area contributed by atoms with Crippen molar-refractivity contribution in [1.82, 2.24) is 4.90 Å². The molecule has 6 heteroatoms. The summed E-state index contributed by atoms with van der Waals surface area (Å²) in [7, 11) is 0. The third-order valence-corrected chi connectivity index (χ3v) is 2.89. The van der Waals surface area contributed by atoms with E-state index in [9.17, 15) is 13.2 Å². The van der Waals surface area contributed by atoms with Gasteiger partial charge in [0, 0.05) is 13.1 Å². The average Bonchev–Trinajstić information content (AvgIpc) is 3.01. The topological polar surface area (TPSA) is 41.6 Å². The van der Waals surface area contributed by atoms with Crippen molar-refractivity contribution < 1.29 is 13.2 Å². The van der Waals surface area contributed by atoms with Crippen LogP contribution in [0.15, 0.2) is 29.3 Å². The van der Waals surface area contributed by atoms with E-state index in [2.05, 4.69) is 32.7 Å². The van der Waals surface area contributed by atoms with Crippen molar-refractivity contribution in [3.63, 3.8) is 0 Å². The lowest BCUT2D eigenvalue weighted by molar-refractivity contribution is -0.137. The summed E-state index contributed by atoms with van der Waals surface area (Å²) in [6.07, 6.45) is -1.26. The van der Waals surface area contributed by atoms with Crippen LogP contribution in [0.2, 0.25) is 0 Å². The molecule has 0 aromatic heterocycles. The number of nitrogens with zero attached hydrogens (tertiary/aromatic N) is 2. The molecule has 1 aromatic rings. The van der Waals surface area contributed by atoms with Crippen LogP contribution in [0.5, 0.6) is 0 Å². The number of benzene rings is 1. The summed E-state index contributed by atoms with van der Waals surface area (Å²) in [6, 6.07) is 5.39. The van der Waals surface area contributed by atoms with Crippen LogP contribution in [0, 0.1) is 0 Å². The lowest BCUT2D eigenvalue weighted by Crippen LogP contribution is -2.35. The van der Waals surface area contributed by atoms with E-state index >= 15 is 0 Å². The molecule has 0 saturated carbocycles. The SMILES string of the molecule is CC.CCC.CCC.NC1=NCCN1CCc1cccc(C(F)(F)F)c1. The highest BCUT2D eigenvalue weighted by molar-refractivity contribution is 5.79. The van der Waals surface area contributed by atoms with Crippen molar-refractivity contribution in [3.05, 3.63) is 35.4 Å². The number of hydrogen-bond acceptors (Lipinski definition) is 3. The fraction of sp³-hybridized carbons (Fsp3) is 0.650. The van der Waals surface area contributed by atoms with Gasteiger partial charge in [0.1, 0.15) is 0 Å². The van der Waals surface area contributed by atoms with E-state index in [-0.39, 0.29) is 0 Å². The first-order valence-corrected chi connectivity index (χ1v) is 9.50. The molecule has 152 valence electrons. The first-order valence-electron chi connectivity index (χ1n) is 9.50. The molecule has 1 heterocycles. The van der Waals surface area contributed by atoms with Crippen LogP contribution in [0.25, 0.3) is 0 Å². The Morgan fingerprint density at radius 3 is 2.04 bits per heavy atom. The van der Waals surface area contributed by atoms with Crippen LogP contribution in [0.1, 0.15) is 65.5 Å². The molecule has 0 unspecified atom stereocenters. The minimum atomic E-state index is -4.29. The predicted molar refractivity (Wildman–Crippen MR) is 106 cm³/mol.